The smallest absolute Gasteiger partial charge is 0.0743 e. The van der Waals surface area contributed by atoms with E-state index in [1.54, 1.807) is 0 Å². The summed E-state index contributed by atoms with van der Waals surface area (Å²) in [6.45, 7) is 12.8. The predicted molar refractivity (Wildman–Crippen MR) is 153 cm³/mol. The summed E-state index contributed by atoms with van der Waals surface area (Å²) in [6.07, 6.45) is 0. The van der Waals surface area contributed by atoms with Gasteiger partial charge in [-0.3, -0.25) is 0 Å². The van der Waals surface area contributed by atoms with E-state index < -0.39 is 0 Å². The minimum Gasteiger partial charge on any atom is -0.316 e. The van der Waals surface area contributed by atoms with Crippen LogP contribution in [0.4, 0.5) is 0 Å². The highest BCUT2D eigenvalue weighted by Crippen LogP contribution is 2.44. The lowest BCUT2D eigenvalue weighted by molar-refractivity contribution is 0.369. The normalized spacial score (nSPS) is 12.1. The van der Waals surface area contributed by atoms with Crippen molar-refractivity contribution in [2.24, 2.45) is 0 Å². The van der Waals surface area contributed by atoms with E-state index in [1.807, 2.05) is 0 Å². The molecule has 0 heterocycles. The van der Waals surface area contributed by atoms with E-state index in [0.29, 0.717) is 6.61 Å². The van der Waals surface area contributed by atoms with Crippen LogP contribution in [0, 0.1) is 6.92 Å². The average molecular weight is 486 g/mol. The van der Waals surface area contributed by atoms with Crippen molar-refractivity contribution in [1.82, 2.24) is 16.0 Å². The summed E-state index contributed by atoms with van der Waals surface area (Å²) in [6, 6.07) is 20.5. The molecule has 182 valence electrons. The first-order valence-electron chi connectivity index (χ1n) is 12.8. The van der Waals surface area contributed by atoms with Crippen molar-refractivity contribution in [2.75, 3.05) is 39.3 Å². The summed E-state index contributed by atoms with van der Waals surface area (Å²) >= 11 is 1.50. The molecule has 5 aromatic rings. The fraction of sp³-hybridized carbons (Fsp3) is 0.333. The van der Waals surface area contributed by atoms with Gasteiger partial charge in [-0.1, -0.05) is 62.4 Å². The zero-order valence-corrected chi connectivity index (χ0v) is 21.8. The molecular weight excluding hydrogens is 450 g/mol. The van der Waals surface area contributed by atoms with Crippen LogP contribution < -0.4 is 16.0 Å². The lowest BCUT2D eigenvalue weighted by atomic mass is 9.87. The fourth-order valence-electron chi connectivity index (χ4n) is 5.19. The topological polar surface area (TPSA) is 45.3 Å². The Morgan fingerprint density at radius 2 is 1.31 bits per heavy atom. The zero-order valence-electron chi connectivity index (χ0n) is 21.0. The first-order chi connectivity index (χ1) is 17.2. The van der Waals surface area contributed by atoms with Gasteiger partial charge in [0, 0.05) is 48.5 Å². The van der Waals surface area contributed by atoms with Gasteiger partial charge in [0.05, 0.1) is 6.61 Å². The van der Waals surface area contributed by atoms with Crippen molar-refractivity contribution in [3.05, 3.63) is 65.7 Å². The highest BCUT2D eigenvalue weighted by atomic mass is 32.2. The van der Waals surface area contributed by atoms with Gasteiger partial charge in [-0.05, 0) is 74.9 Å². The largest absolute Gasteiger partial charge is 0.316 e. The Morgan fingerprint density at radius 3 is 2.14 bits per heavy atom. The molecule has 0 radical (unpaired) electrons. The molecule has 0 spiro atoms. The van der Waals surface area contributed by atoms with Crippen LogP contribution >= 0.6 is 12.0 Å². The molecule has 35 heavy (non-hydrogen) atoms. The second kappa shape index (κ2) is 11.1. The molecule has 5 heteroatoms. The summed E-state index contributed by atoms with van der Waals surface area (Å²) in [5.41, 5.74) is 2.65. The van der Waals surface area contributed by atoms with E-state index >= 15 is 0 Å². The monoisotopic (exact) mass is 485 g/mol. The van der Waals surface area contributed by atoms with Gasteiger partial charge < -0.3 is 20.1 Å². The minimum absolute atomic E-state index is 0.688. The zero-order chi connectivity index (χ0) is 24.2. The molecular formula is C30H35N3OS. The van der Waals surface area contributed by atoms with Gasteiger partial charge in [-0.15, -0.1) is 0 Å². The molecule has 4 nitrogen and oxygen atoms in total. The highest BCUT2D eigenvalue weighted by molar-refractivity contribution is 7.95. The van der Waals surface area contributed by atoms with E-state index in [2.05, 4.69) is 91.3 Å². The van der Waals surface area contributed by atoms with Crippen LogP contribution in [0.3, 0.4) is 0 Å². The Morgan fingerprint density at radius 1 is 0.657 bits per heavy atom. The molecule has 0 atom stereocenters. The Kier molecular flexibility index (Phi) is 7.71. The molecule has 0 aliphatic carbocycles. The third-order valence-electron chi connectivity index (χ3n) is 6.85. The minimum atomic E-state index is 0.688. The number of hydrogen-bond donors (Lipinski definition) is 3. The molecule has 0 bridgehead atoms. The van der Waals surface area contributed by atoms with Crippen molar-refractivity contribution in [3.63, 3.8) is 0 Å². The van der Waals surface area contributed by atoms with Crippen molar-refractivity contribution >= 4 is 55.1 Å². The Bertz CT molecular complexity index is 1430. The van der Waals surface area contributed by atoms with Crippen LogP contribution in [-0.4, -0.2) is 39.3 Å². The van der Waals surface area contributed by atoms with Crippen molar-refractivity contribution < 1.29 is 4.18 Å². The lowest BCUT2D eigenvalue weighted by Crippen LogP contribution is -2.26. The maximum Gasteiger partial charge on any atom is 0.0743 e. The Labute approximate surface area is 212 Å². The molecule has 0 amide bonds. The van der Waals surface area contributed by atoms with E-state index in [1.165, 1.54) is 71.2 Å². The van der Waals surface area contributed by atoms with E-state index in [-0.39, 0.29) is 0 Å². The van der Waals surface area contributed by atoms with Crippen LogP contribution in [0.1, 0.15) is 25.0 Å². The SMILES string of the molecule is CCNCCNCc1ccc2c3ccc(C)c4c(SOCCNCC)ccc(c5cccc1c25)c43. The van der Waals surface area contributed by atoms with Crippen LogP contribution in [0.15, 0.2) is 59.5 Å². The number of hydrogen-bond acceptors (Lipinski definition) is 5. The maximum atomic E-state index is 5.96. The van der Waals surface area contributed by atoms with Gasteiger partial charge in [0.1, 0.15) is 0 Å². The van der Waals surface area contributed by atoms with Gasteiger partial charge in [0.15, 0.2) is 0 Å². The lowest BCUT2D eigenvalue weighted by Gasteiger charge is -2.19. The number of benzene rings is 5. The summed E-state index contributed by atoms with van der Waals surface area (Å²) < 4.78 is 5.96. The molecule has 0 aliphatic heterocycles. The molecule has 0 saturated heterocycles. The molecule has 0 saturated carbocycles. The second-order valence-electron chi connectivity index (χ2n) is 9.08. The van der Waals surface area contributed by atoms with Crippen molar-refractivity contribution in [1.29, 1.82) is 0 Å². The van der Waals surface area contributed by atoms with Crippen molar-refractivity contribution in [3.8, 4) is 0 Å². The summed E-state index contributed by atoms with van der Waals surface area (Å²) in [5, 5.41) is 21.0. The van der Waals surface area contributed by atoms with Gasteiger partial charge in [-0.2, -0.15) is 0 Å². The third kappa shape index (κ3) is 4.72. The van der Waals surface area contributed by atoms with Crippen LogP contribution in [0.2, 0.25) is 0 Å². The number of rotatable bonds is 12. The Hall–Kier alpha value is -2.41. The molecule has 0 aromatic heterocycles. The second-order valence-corrected chi connectivity index (χ2v) is 9.92. The van der Waals surface area contributed by atoms with Gasteiger partial charge >= 0.3 is 0 Å². The first-order valence-corrected chi connectivity index (χ1v) is 13.5. The molecule has 5 aromatic carbocycles. The number of fused-ring (bicyclic) bond motifs is 2. The number of nitrogens with one attached hydrogen (secondary N) is 3. The van der Waals surface area contributed by atoms with E-state index in [9.17, 15) is 0 Å². The number of likely N-dealkylation sites (N-methyl/N-ethyl adjacent to an activating group) is 2. The first kappa shape index (κ1) is 24.3. The predicted octanol–water partition coefficient (Wildman–Crippen LogP) is 6.38. The van der Waals surface area contributed by atoms with Crippen LogP contribution in [-0.2, 0) is 10.7 Å². The molecule has 5 rings (SSSR count). The fourth-order valence-corrected chi connectivity index (χ4v) is 5.95. The average Bonchev–Trinajstić information content (AvgIpc) is 2.88. The standard InChI is InChI=1S/C30H35N3OS/c1-4-31-15-16-33-19-21-10-12-24-25-11-9-20(3)28-27(35-34-18-17-32-5-2)14-13-26(30(25)28)23-8-6-7-22(21)29(23)24/h6-14,31-33H,4-5,15-19H2,1-3H3. The summed E-state index contributed by atoms with van der Waals surface area (Å²) in [5.74, 6) is 0. The summed E-state index contributed by atoms with van der Waals surface area (Å²) in [7, 11) is 0. The Balaban J connectivity index is 1.60. The van der Waals surface area contributed by atoms with Gasteiger partial charge in [0.2, 0.25) is 0 Å². The van der Waals surface area contributed by atoms with Crippen LogP contribution in [0.25, 0.3) is 43.1 Å². The van der Waals surface area contributed by atoms with Gasteiger partial charge in [0.25, 0.3) is 0 Å². The third-order valence-corrected chi connectivity index (χ3v) is 7.65. The highest BCUT2D eigenvalue weighted by Gasteiger charge is 2.17. The molecule has 0 aliphatic rings. The molecule has 3 N–H and O–H groups in total. The van der Waals surface area contributed by atoms with Gasteiger partial charge in [-0.25, -0.2) is 0 Å². The molecule has 0 fully saturated rings. The quantitative estimate of drug-likeness (QED) is 0.0828. The summed E-state index contributed by atoms with van der Waals surface area (Å²) in [4.78, 5) is 1.19. The molecule has 0 unspecified atom stereocenters. The van der Waals surface area contributed by atoms with E-state index in [0.717, 1.165) is 39.3 Å². The van der Waals surface area contributed by atoms with Crippen LogP contribution in [0.5, 0.6) is 0 Å². The van der Waals surface area contributed by atoms with E-state index in [4.69, 9.17) is 4.18 Å². The maximum absolute atomic E-state index is 5.96. The van der Waals surface area contributed by atoms with Crippen molar-refractivity contribution in [2.45, 2.75) is 32.2 Å². The number of aryl methyl sites for hydroxylation is 1.